The molecule has 1 atom stereocenters. The van der Waals surface area contributed by atoms with Gasteiger partial charge in [-0.15, -0.1) is 15.3 Å². The number of aliphatic hydroxyl groups is 1. The lowest BCUT2D eigenvalue weighted by Gasteiger charge is -2.27. The first-order valence-electron chi connectivity index (χ1n) is 11.1. The van der Waals surface area contributed by atoms with Crippen molar-refractivity contribution in [3.63, 3.8) is 0 Å². The smallest absolute Gasteiger partial charge is 0.299 e. The van der Waals surface area contributed by atoms with Crippen LogP contribution in [0.2, 0.25) is 0 Å². The van der Waals surface area contributed by atoms with E-state index in [9.17, 15) is 9.90 Å². The van der Waals surface area contributed by atoms with Gasteiger partial charge in [-0.25, -0.2) is 4.68 Å². The Morgan fingerprint density at radius 1 is 1.09 bits per heavy atom. The van der Waals surface area contributed by atoms with Crippen molar-refractivity contribution in [1.82, 2.24) is 30.4 Å². The molecular formula is C25H24N8O2. The summed E-state index contributed by atoms with van der Waals surface area (Å²) >= 11 is 0. The van der Waals surface area contributed by atoms with Crippen LogP contribution in [0.1, 0.15) is 34.6 Å². The molecule has 2 heterocycles. The predicted molar refractivity (Wildman–Crippen MR) is 131 cm³/mol. The number of nitrogens with zero attached hydrogens (tertiary/aromatic N) is 6. The van der Waals surface area contributed by atoms with Crippen LogP contribution in [0, 0.1) is 20.8 Å². The Hall–Kier alpha value is -4.60. The lowest BCUT2D eigenvalue weighted by Crippen LogP contribution is -2.30. The first-order valence-corrected chi connectivity index (χ1v) is 11.1. The van der Waals surface area contributed by atoms with Crippen molar-refractivity contribution in [3.8, 4) is 5.69 Å². The predicted octanol–water partition coefficient (Wildman–Crippen LogP) is 4.51. The zero-order chi connectivity index (χ0) is 24.6. The zero-order valence-electron chi connectivity index (χ0n) is 19.5. The molecule has 5 rings (SSSR count). The van der Waals surface area contributed by atoms with Crippen LogP contribution in [0.4, 0.5) is 5.69 Å². The highest BCUT2D eigenvalue weighted by Crippen LogP contribution is 2.42. The summed E-state index contributed by atoms with van der Waals surface area (Å²) < 4.78 is 1.43. The van der Waals surface area contributed by atoms with Crippen LogP contribution in [0.25, 0.3) is 11.3 Å². The Bertz CT molecular complexity index is 1530. The highest BCUT2D eigenvalue weighted by Gasteiger charge is 2.44. The Labute approximate surface area is 200 Å². The lowest BCUT2D eigenvalue weighted by atomic mass is 9.83. The van der Waals surface area contributed by atoms with Gasteiger partial charge in [-0.2, -0.15) is 10.3 Å². The number of aromatic nitrogens is 6. The number of aliphatic hydroxyl groups excluding tert-OH is 1. The summed E-state index contributed by atoms with van der Waals surface area (Å²) in [5, 5.41) is 37.6. The molecule has 0 bridgehead atoms. The maximum Gasteiger partial charge on any atom is 0.299 e. The summed E-state index contributed by atoms with van der Waals surface area (Å²) in [7, 11) is 0. The number of aryl methyl sites for hydroxylation is 3. The minimum atomic E-state index is -1.44. The van der Waals surface area contributed by atoms with Crippen molar-refractivity contribution < 1.29 is 5.11 Å². The van der Waals surface area contributed by atoms with Gasteiger partial charge in [-0.05, 0) is 49.6 Å². The van der Waals surface area contributed by atoms with Gasteiger partial charge in [0.1, 0.15) is 5.76 Å². The molecule has 4 aromatic rings. The summed E-state index contributed by atoms with van der Waals surface area (Å²) in [5.74, 6) is 0.0817. The van der Waals surface area contributed by atoms with Gasteiger partial charge >= 0.3 is 0 Å². The Kier molecular flexibility index (Phi) is 5.48. The van der Waals surface area contributed by atoms with Crippen molar-refractivity contribution >= 4 is 11.3 Å². The first kappa shape index (κ1) is 22.2. The van der Waals surface area contributed by atoms with Gasteiger partial charge in [-0.3, -0.25) is 9.89 Å². The van der Waals surface area contributed by atoms with Gasteiger partial charge in [0.05, 0.1) is 11.4 Å². The fraction of sp³-hybridized carbons (Fsp3) is 0.200. The molecule has 2 aromatic heterocycles. The molecule has 0 spiro atoms. The number of benzene rings is 2. The summed E-state index contributed by atoms with van der Waals surface area (Å²) in [6, 6.07) is 15.2. The van der Waals surface area contributed by atoms with E-state index < -0.39 is 5.54 Å². The van der Waals surface area contributed by atoms with Crippen LogP contribution in [-0.4, -0.2) is 35.5 Å². The number of allylic oxidation sites excluding steroid dienone is 2. The van der Waals surface area contributed by atoms with Crippen molar-refractivity contribution in [2.75, 3.05) is 0 Å². The number of H-pyrrole nitrogens is 2. The number of hydrogen-bond donors (Lipinski definition) is 3. The van der Waals surface area contributed by atoms with Crippen LogP contribution in [0.3, 0.4) is 0 Å². The third kappa shape index (κ3) is 3.78. The molecule has 176 valence electrons. The molecule has 1 aliphatic carbocycles. The second-order valence-corrected chi connectivity index (χ2v) is 8.53. The molecule has 10 heteroatoms. The van der Waals surface area contributed by atoms with Crippen molar-refractivity contribution in [3.05, 3.63) is 105 Å². The second-order valence-electron chi connectivity index (χ2n) is 8.53. The topological polar surface area (TPSA) is 137 Å². The molecule has 10 nitrogen and oxygen atoms in total. The molecule has 0 radical (unpaired) electrons. The van der Waals surface area contributed by atoms with E-state index in [1.54, 1.807) is 6.92 Å². The quantitative estimate of drug-likeness (QED) is 0.370. The molecule has 0 aliphatic heterocycles. The third-order valence-corrected chi connectivity index (χ3v) is 6.25. The number of tetrazole rings is 1. The molecule has 1 aliphatic rings. The van der Waals surface area contributed by atoms with E-state index in [0.717, 1.165) is 16.7 Å². The van der Waals surface area contributed by atoms with Crippen molar-refractivity contribution in [2.45, 2.75) is 32.7 Å². The van der Waals surface area contributed by atoms with Gasteiger partial charge in [0.2, 0.25) is 11.4 Å². The number of hydrogen-bond acceptors (Lipinski definition) is 7. The van der Waals surface area contributed by atoms with E-state index in [-0.39, 0.29) is 29.3 Å². The lowest BCUT2D eigenvalue weighted by molar-refractivity contribution is 0.283. The van der Waals surface area contributed by atoms with Crippen LogP contribution in [0.15, 0.2) is 81.5 Å². The number of aromatic amines is 2. The number of nitrogens with one attached hydrogen (secondary N) is 2. The summed E-state index contributed by atoms with van der Waals surface area (Å²) in [6.07, 6.45) is 3.94. The fourth-order valence-corrected chi connectivity index (χ4v) is 4.10. The largest absolute Gasteiger partial charge is 0.508 e. The van der Waals surface area contributed by atoms with Crippen LogP contribution in [0.5, 0.6) is 0 Å². The summed E-state index contributed by atoms with van der Waals surface area (Å²) in [4.78, 5) is 13.3. The van der Waals surface area contributed by atoms with E-state index in [4.69, 9.17) is 0 Å². The molecule has 0 saturated heterocycles. The maximum atomic E-state index is 13.3. The van der Waals surface area contributed by atoms with E-state index in [0.29, 0.717) is 17.0 Å². The highest BCUT2D eigenvalue weighted by molar-refractivity contribution is 5.78. The monoisotopic (exact) mass is 468 g/mol. The molecule has 0 saturated carbocycles. The van der Waals surface area contributed by atoms with Gasteiger partial charge in [-0.1, -0.05) is 53.8 Å². The number of azo groups is 1. The highest BCUT2D eigenvalue weighted by atomic mass is 16.3. The Balaban J connectivity index is 1.62. The third-order valence-electron chi connectivity index (χ3n) is 6.25. The van der Waals surface area contributed by atoms with E-state index in [1.165, 1.54) is 4.68 Å². The minimum absolute atomic E-state index is 0.0703. The van der Waals surface area contributed by atoms with Crippen LogP contribution < -0.4 is 5.56 Å². The van der Waals surface area contributed by atoms with Gasteiger partial charge in [0, 0.05) is 12.0 Å². The fourth-order valence-electron chi connectivity index (χ4n) is 4.10. The Morgan fingerprint density at radius 2 is 1.89 bits per heavy atom. The SMILES string of the molecule is Cc1ccc(-n2[nH]c(C)c(N=NC3(c4nn[nH]n4)CC=CC(c4ccccc4)=C3O)c2=O)cc1C. The van der Waals surface area contributed by atoms with Gasteiger partial charge in [0.15, 0.2) is 5.69 Å². The average Bonchev–Trinajstić information content (AvgIpc) is 3.50. The molecule has 2 aromatic carbocycles. The van der Waals surface area contributed by atoms with Crippen molar-refractivity contribution in [1.29, 1.82) is 0 Å². The molecule has 35 heavy (non-hydrogen) atoms. The van der Waals surface area contributed by atoms with Crippen molar-refractivity contribution in [2.24, 2.45) is 10.2 Å². The van der Waals surface area contributed by atoms with Gasteiger partial charge < -0.3 is 5.11 Å². The summed E-state index contributed by atoms with van der Waals surface area (Å²) in [6.45, 7) is 5.76. The first-order chi connectivity index (χ1) is 16.9. The Morgan fingerprint density at radius 3 is 2.60 bits per heavy atom. The van der Waals surface area contributed by atoms with E-state index >= 15 is 0 Å². The molecular weight excluding hydrogens is 444 g/mol. The second kappa shape index (κ2) is 8.64. The van der Waals surface area contributed by atoms with Crippen LogP contribution >= 0.6 is 0 Å². The van der Waals surface area contributed by atoms with Gasteiger partial charge in [0.25, 0.3) is 5.56 Å². The molecule has 3 N–H and O–H groups in total. The minimum Gasteiger partial charge on any atom is -0.508 e. The molecule has 0 amide bonds. The van der Waals surface area contributed by atoms with E-state index in [1.807, 2.05) is 74.5 Å². The molecule has 0 fully saturated rings. The summed E-state index contributed by atoms with van der Waals surface area (Å²) in [5.41, 5.74) is 3.16. The molecule has 1 unspecified atom stereocenters. The number of rotatable bonds is 5. The van der Waals surface area contributed by atoms with Crippen LogP contribution in [-0.2, 0) is 5.54 Å². The zero-order valence-corrected chi connectivity index (χ0v) is 19.5. The normalized spacial score (nSPS) is 18.0. The maximum absolute atomic E-state index is 13.3. The average molecular weight is 469 g/mol. The standard InChI is InChI=1S/C25H24N8O2/c1-15-11-12-19(14-16(15)2)33-23(35)21(17(3)29-33)26-30-25(24-27-31-32-28-24)13-7-10-20(22(25)34)18-8-5-4-6-9-18/h4-12,14,29,34H,13H2,1-3H3,(H,27,28,31,32). The van der Waals surface area contributed by atoms with E-state index in [2.05, 4.69) is 36.0 Å².